The molecular formula is C10H13NO3. The second-order valence-electron chi connectivity index (χ2n) is 2.89. The third kappa shape index (κ3) is 1.79. The van der Waals surface area contributed by atoms with E-state index in [1.54, 1.807) is 26.2 Å². The Morgan fingerprint density at radius 2 is 1.71 bits per heavy atom. The number of primary amides is 1. The summed E-state index contributed by atoms with van der Waals surface area (Å²) in [6.45, 7) is 1.79. The monoisotopic (exact) mass is 195 g/mol. The van der Waals surface area contributed by atoms with Crippen LogP contribution < -0.4 is 15.2 Å². The predicted molar refractivity (Wildman–Crippen MR) is 52.8 cm³/mol. The fourth-order valence-corrected chi connectivity index (χ4v) is 1.25. The van der Waals surface area contributed by atoms with Crippen molar-refractivity contribution in [3.8, 4) is 11.5 Å². The lowest BCUT2D eigenvalue weighted by Gasteiger charge is -2.10. The van der Waals surface area contributed by atoms with E-state index in [0.29, 0.717) is 17.1 Å². The van der Waals surface area contributed by atoms with Gasteiger partial charge >= 0.3 is 0 Å². The van der Waals surface area contributed by atoms with Crippen molar-refractivity contribution in [2.45, 2.75) is 6.92 Å². The van der Waals surface area contributed by atoms with Gasteiger partial charge in [0.1, 0.15) is 0 Å². The molecule has 0 atom stereocenters. The lowest BCUT2D eigenvalue weighted by atomic mass is 10.1. The zero-order chi connectivity index (χ0) is 10.7. The number of rotatable bonds is 3. The van der Waals surface area contributed by atoms with E-state index in [0.717, 1.165) is 5.56 Å². The molecule has 1 aromatic rings. The number of amides is 1. The molecule has 0 aliphatic carbocycles. The minimum Gasteiger partial charge on any atom is -0.493 e. The van der Waals surface area contributed by atoms with Gasteiger partial charge in [-0.2, -0.15) is 0 Å². The van der Waals surface area contributed by atoms with E-state index in [-0.39, 0.29) is 0 Å². The Balaban J connectivity index is 3.30. The van der Waals surface area contributed by atoms with Gasteiger partial charge in [-0.25, -0.2) is 0 Å². The molecule has 1 amide bonds. The van der Waals surface area contributed by atoms with Crippen LogP contribution in [0.15, 0.2) is 12.1 Å². The van der Waals surface area contributed by atoms with Crippen molar-refractivity contribution in [1.82, 2.24) is 0 Å². The molecular weight excluding hydrogens is 182 g/mol. The Bertz CT molecular complexity index is 361. The fourth-order valence-electron chi connectivity index (χ4n) is 1.25. The number of methoxy groups -OCH3 is 2. The van der Waals surface area contributed by atoms with Crippen LogP contribution in [-0.2, 0) is 0 Å². The molecule has 4 nitrogen and oxygen atoms in total. The molecule has 14 heavy (non-hydrogen) atoms. The third-order valence-electron chi connectivity index (χ3n) is 2.00. The molecule has 0 fully saturated rings. The molecule has 1 rings (SSSR count). The van der Waals surface area contributed by atoms with Crippen molar-refractivity contribution >= 4 is 5.91 Å². The molecule has 1 aromatic carbocycles. The number of ether oxygens (including phenoxy) is 2. The second kappa shape index (κ2) is 4.00. The van der Waals surface area contributed by atoms with Crippen molar-refractivity contribution in [3.05, 3.63) is 23.3 Å². The van der Waals surface area contributed by atoms with E-state index in [4.69, 9.17) is 15.2 Å². The van der Waals surface area contributed by atoms with Gasteiger partial charge in [0.15, 0.2) is 11.5 Å². The molecule has 0 radical (unpaired) electrons. The van der Waals surface area contributed by atoms with Crippen LogP contribution in [0, 0.1) is 6.92 Å². The number of nitrogens with two attached hydrogens (primary N) is 1. The predicted octanol–water partition coefficient (Wildman–Crippen LogP) is 1.11. The molecule has 0 heterocycles. The molecule has 0 aliphatic rings. The van der Waals surface area contributed by atoms with E-state index in [1.165, 1.54) is 7.11 Å². The number of benzene rings is 1. The molecule has 0 aliphatic heterocycles. The summed E-state index contributed by atoms with van der Waals surface area (Å²) in [6.07, 6.45) is 0. The smallest absolute Gasteiger partial charge is 0.249 e. The first kappa shape index (κ1) is 10.4. The van der Waals surface area contributed by atoms with Crippen LogP contribution in [0.4, 0.5) is 0 Å². The van der Waals surface area contributed by atoms with Gasteiger partial charge < -0.3 is 15.2 Å². The quantitative estimate of drug-likeness (QED) is 0.785. The summed E-state index contributed by atoms with van der Waals surface area (Å²) in [5.74, 6) is 0.630. The van der Waals surface area contributed by atoms with Crippen molar-refractivity contribution in [3.63, 3.8) is 0 Å². The maximum atomic E-state index is 11.0. The standard InChI is InChI=1S/C10H13NO3/c1-6-4-8(13-2)9(14-3)5-7(6)10(11)12/h4-5H,1-3H3,(H2,11,12). The lowest BCUT2D eigenvalue weighted by Crippen LogP contribution is -2.13. The van der Waals surface area contributed by atoms with Gasteiger partial charge in [-0.1, -0.05) is 0 Å². The number of aryl methyl sites for hydroxylation is 1. The highest BCUT2D eigenvalue weighted by atomic mass is 16.5. The maximum absolute atomic E-state index is 11.0. The van der Waals surface area contributed by atoms with Gasteiger partial charge in [0, 0.05) is 5.56 Å². The zero-order valence-electron chi connectivity index (χ0n) is 8.46. The van der Waals surface area contributed by atoms with Gasteiger partial charge in [-0.05, 0) is 24.6 Å². The van der Waals surface area contributed by atoms with Crippen molar-refractivity contribution in [2.75, 3.05) is 14.2 Å². The maximum Gasteiger partial charge on any atom is 0.249 e. The van der Waals surface area contributed by atoms with Crippen molar-refractivity contribution < 1.29 is 14.3 Å². The van der Waals surface area contributed by atoms with Crippen LogP contribution in [0.25, 0.3) is 0 Å². The number of carbonyl (C=O) groups excluding carboxylic acids is 1. The van der Waals surface area contributed by atoms with Crippen LogP contribution in [-0.4, -0.2) is 20.1 Å². The van der Waals surface area contributed by atoms with Gasteiger partial charge in [0.25, 0.3) is 0 Å². The van der Waals surface area contributed by atoms with Crippen LogP contribution in [0.2, 0.25) is 0 Å². The average Bonchev–Trinajstić information content (AvgIpc) is 2.16. The van der Waals surface area contributed by atoms with Crippen LogP contribution in [0.1, 0.15) is 15.9 Å². The Hall–Kier alpha value is -1.71. The Morgan fingerprint density at radius 1 is 1.21 bits per heavy atom. The van der Waals surface area contributed by atoms with E-state index >= 15 is 0 Å². The minimum absolute atomic E-state index is 0.447. The van der Waals surface area contributed by atoms with E-state index < -0.39 is 5.91 Å². The SMILES string of the molecule is COc1cc(C)c(C(N)=O)cc1OC. The lowest BCUT2D eigenvalue weighted by molar-refractivity contribution is 0.0999. The Labute approximate surface area is 82.6 Å². The molecule has 0 saturated carbocycles. The fraction of sp³-hybridized carbons (Fsp3) is 0.300. The Kier molecular flexibility index (Phi) is 2.96. The molecule has 0 unspecified atom stereocenters. The summed E-state index contributed by atoms with van der Waals surface area (Å²) >= 11 is 0. The summed E-state index contributed by atoms with van der Waals surface area (Å²) in [5, 5.41) is 0. The molecule has 76 valence electrons. The van der Waals surface area contributed by atoms with Crippen molar-refractivity contribution in [2.24, 2.45) is 5.73 Å². The largest absolute Gasteiger partial charge is 0.493 e. The molecule has 0 spiro atoms. The molecule has 4 heteroatoms. The van der Waals surface area contributed by atoms with Gasteiger partial charge in [0.05, 0.1) is 14.2 Å². The summed E-state index contributed by atoms with van der Waals surface area (Å²) in [5.41, 5.74) is 6.41. The topological polar surface area (TPSA) is 61.5 Å². The molecule has 2 N–H and O–H groups in total. The van der Waals surface area contributed by atoms with Crippen LogP contribution >= 0.6 is 0 Å². The summed E-state index contributed by atoms with van der Waals surface area (Å²) in [7, 11) is 3.05. The highest BCUT2D eigenvalue weighted by Crippen LogP contribution is 2.29. The minimum atomic E-state index is -0.469. The highest BCUT2D eigenvalue weighted by Gasteiger charge is 2.11. The second-order valence-corrected chi connectivity index (χ2v) is 2.89. The highest BCUT2D eigenvalue weighted by molar-refractivity contribution is 5.95. The van der Waals surface area contributed by atoms with Crippen LogP contribution in [0.5, 0.6) is 11.5 Å². The first-order valence-corrected chi connectivity index (χ1v) is 4.12. The first-order chi connectivity index (χ1) is 6.60. The Morgan fingerprint density at radius 3 is 2.14 bits per heavy atom. The molecule has 0 bridgehead atoms. The van der Waals surface area contributed by atoms with Crippen molar-refractivity contribution in [1.29, 1.82) is 0 Å². The summed E-state index contributed by atoms with van der Waals surface area (Å²) < 4.78 is 10.1. The molecule has 0 aromatic heterocycles. The van der Waals surface area contributed by atoms with Gasteiger partial charge in [0.2, 0.25) is 5.91 Å². The third-order valence-corrected chi connectivity index (χ3v) is 2.00. The normalized spacial score (nSPS) is 9.64. The van der Waals surface area contributed by atoms with Gasteiger partial charge in [-0.3, -0.25) is 4.79 Å². The van der Waals surface area contributed by atoms with E-state index in [9.17, 15) is 4.79 Å². The van der Waals surface area contributed by atoms with Gasteiger partial charge in [-0.15, -0.1) is 0 Å². The van der Waals surface area contributed by atoms with E-state index in [1.807, 2.05) is 0 Å². The summed E-state index contributed by atoms with van der Waals surface area (Å²) in [4.78, 5) is 11.0. The number of carbonyl (C=O) groups is 1. The van der Waals surface area contributed by atoms with Crippen LogP contribution in [0.3, 0.4) is 0 Å². The zero-order valence-corrected chi connectivity index (χ0v) is 8.46. The van der Waals surface area contributed by atoms with E-state index in [2.05, 4.69) is 0 Å². The average molecular weight is 195 g/mol. The molecule has 0 saturated heterocycles. The summed E-state index contributed by atoms with van der Waals surface area (Å²) in [6, 6.07) is 3.30. The number of hydrogen-bond acceptors (Lipinski definition) is 3. The number of hydrogen-bond donors (Lipinski definition) is 1. The first-order valence-electron chi connectivity index (χ1n) is 4.12.